The molecule has 1 saturated heterocycles. The molecule has 4 atom stereocenters. The standard InChI is InChI=1S/C23H31ClF3N3O3/c1-14-6-5-11-30(14,21(32)19(31)15-7-3-2-4-8-15)22(33)29-13-16-12-17(24)9-10-18(16)20(28)23(25,26)27/h9-10,12,14-15,19-20,31H,2-8,11,13,28H2,1H3/p+1/t14-,19-,20?,30?/m1/s1. The van der Waals surface area contributed by atoms with Gasteiger partial charge in [-0.05, 0) is 48.9 Å². The van der Waals surface area contributed by atoms with Crippen molar-refractivity contribution >= 4 is 23.5 Å². The van der Waals surface area contributed by atoms with Gasteiger partial charge in [0.05, 0.1) is 6.54 Å². The summed E-state index contributed by atoms with van der Waals surface area (Å²) in [5.74, 6) is -0.700. The maximum atomic E-state index is 13.5. The minimum atomic E-state index is -4.66. The maximum absolute atomic E-state index is 13.5. The third kappa shape index (κ3) is 5.37. The number of nitrogens with zero attached hydrogens (tertiary/aromatic N) is 1. The lowest BCUT2D eigenvalue weighted by molar-refractivity contribution is -0.787. The number of hydrogen-bond acceptors (Lipinski definition) is 4. The number of aliphatic hydroxyl groups is 1. The summed E-state index contributed by atoms with van der Waals surface area (Å²) in [6, 6.07) is 0.653. The van der Waals surface area contributed by atoms with E-state index in [2.05, 4.69) is 5.32 Å². The number of aliphatic hydroxyl groups excluding tert-OH is 1. The molecule has 184 valence electrons. The molecule has 3 rings (SSSR count). The van der Waals surface area contributed by atoms with E-state index in [1.807, 2.05) is 0 Å². The van der Waals surface area contributed by atoms with Crippen molar-refractivity contribution in [3.63, 3.8) is 0 Å². The topological polar surface area (TPSA) is 92.4 Å². The summed E-state index contributed by atoms with van der Waals surface area (Å²) < 4.78 is 39.1. The predicted molar refractivity (Wildman–Crippen MR) is 118 cm³/mol. The molecule has 2 aliphatic rings. The zero-order valence-corrected chi connectivity index (χ0v) is 19.5. The maximum Gasteiger partial charge on any atom is 0.424 e. The number of amides is 3. The highest BCUT2D eigenvalue weighted by molar-refractivity contribution is 6.30. The van der Waals surface area contributed by atoms with Gasteiger partial charge in [-0.3, -0.25) is 0 Å². The molecule has 1 aromatic rings. The van der Waals surface area contributed by atoms with Crippen LogP contribution in [0.3, 0.4) is 0 Å². The molecule has 0 aromatic heterocycles. The van der Waals surface area contributed by atoms with E-state index < -0.39 is 34.7 Å². The lowest BCUT2D eigenvalue weighted by Crippen LogP contribution is -2.66. The van der Waals surface area contributed by atoms with Gasteiger partial charge in [0.15, 0.2) is 6.10 Å². The Morgan fingerprint density at radius 3 is 2.45 bits per heavy atom. The van der Waals surface area contributed by atoms with Crippen molar-refractivity contribution < 1.29 is 32.3 Å². The fraction of sp³-hybridized carbons (Fsp3) is 0.652. The average Bonchev–Trinajstić information content (AvgIpc) is 3.18. The van der Waals surface area contributed by atoms with Crippen LogP contribution < -0.4 is 11.1 Å². The second-order valence-electron chi connectivity index (χ2n) is 9.29. The van der Waals surface area contributed by atoms with Gasteiger partial charge in [0.2, 0.25) is 0 Å². The molecule has 6 nitrogen and oxygen atoms in total. The number of carbonyl (C=O) groups excluding carboxylic acids is 2. The Labute approximate surface area is 196 Å². The van der Waals surface area contributed by atoms with Gasteiger partial charge in [-0.2, -0.15) is 17.7 Å². The largest absolute Gasteiger partial charge is 0.424 e. The van der Waals surface area contributed by atoms with E-state index >= 15 is 0 Å². The first kappa shape index (κ1) is 25.9. The van der Waals surface area contributed by atoms with E-state index in [0.29, 0.717) is 12.8 Å². The predicted octanol–water partition coefficient (Wildman–Crippen LogP) is 4.58. The highest BCUT2D eigenvalue weighted by Crippen LogP contribution is 2.35. The number of alkyl halides is 3. The molecule has 1 aromatic carbocycles. The number of nitrogens with two attached hydrogens (primary N) is 1. The van der Waals surface area contributed by atoms with Crippen molar-refractivity contribution in [1.29, 1.82) is 0 Å². The van der Waals surface area contributed by atoms with Gasteiger partial charge in [-0.25, -0.2) is 9.59 Å². The first-order valence-corrected chi connectivity index (χ1v) is 11.9. The van der Waals surface area contributed by atoms with Crippen LogP contribution in [0.4, 0.5) is 18.0 Å². The number of benzene rings is 1. The number of hydrogen-bond donors (Lipinski definition) is 3. The third-order valence-corrected chi connectivity index (χ3v) is 7.45. The van der Waals surface area contributed by atoms with E-state index in [-0.39, 0.29) is 41.2 Å². The smallest absolute Gasteiger partial charge is 0.379 e. The summed E-state index contributed by atoms with van der Waals surface area (Å²) >= 11 is 5.98. The van der Waals surface area contributed by atoms with Gasteiger partial charge in [-0.1, -0.05) is 36.9 Å². The Balaban J connectivity index is 1.82. The van der Waals surface area contributed by atoms with Crippen LogP contribution in [0.25, 0.3) is 0 Å². The van der Waals surface area contributed by atoms with Gasteiger partial charge >= 0.3 is 18.1 Å². The van der Waals surface area contributed by atoms with E-state index in [4.69, 9.17) is 17.3 Å². The number of halogens is 4. The summed E-state index contributed by atoms with van der Waals surface area (Å²) in [5.41, 5.74) is 5.34. The summed E-state index contributed by atoms with van der Waals surface area (Å²) in [7, 11) is 0. The quantitative estimate of drug-likeness (QED) is 0.527. The number of quaternary nitrogens is 1. The zero-order valence-electron chi connectivity index (χ0n) is 18.7. The van der Waals surface area contributed by atoms with E-state index in [0.717, 1.165) is 32.1 Å². The molecule has 0 spiro atoms. The summed E-state index contributed by atoms with van der Waals surface area (Å²) in [6.07, 6.45) is -0.204. The highest BCUT2D eigenvalue weighted by Gasteiger charge is 2.55. The van der Waals surface area contributed by atoms with Crippen molar-refractivity contribution in [1.82, 2.24) is 5.32 Å². The summed E-state index contributed by atoms with van der Waals surface area (Å²) in [4.78, 5) is 26.8. The highest BCUT2D eigenvalue weighted by atomic mass is 35.5. The Hall–Kier alpha value is -1.68. The zero-order chi connectivity index (χ0) is 24.4. The monoisotopic (exact) mass is 490 g/mol. The second kappa shape index (κ2) is 10.3. The van der Waals surface area contributed by atoms with Gasteiger partial charge in [0.1, 0.15) is 12.1 Å². The van der Waals surface area contributed by atoms with Crippen LogP contribution in [0.15, 0.2) is 18.2 Å². The number of imide groups is 1. The van der Waals surface area contributed by atoms with Gasteiger partial charge in [-0.15, -0.1) is 0 Å². The first-order chi connectivity index (χ1) is 15.5. The molecule has 0 radical (unpaired) electrons. The molecule has 10 heteroatoms. The van der Waals surface area contributed by atoms with Crippen LogP contribution in [0.1, 0.15) is 69.0 Å². The van der Waals surface area contributed by atoms with Crippen molar-refractivity contribution in [2.45, 2.75) is 82.8 Å². The number of nitrogens with one attached hydrogen (secondary N) is 1. The molecule has 1 saturated carbocycles. The van der Waals surface area contributed by atoms with Crippen molar-refractivity contribution in [2.75, 3.05) is 6.54 Å². The molecule has 0 bridgehead atoms. The first-order valence-electron chi connectivity index (χ1n) is 11.5. The molecular weight excluding hydrogens is 459 g/mol. The van der Waals surface area contributed by atoms with E-state index in [9.17, 15) is 27.9 Å². The van der Waals surface area contributed by atoms with Crippen LogP contribution in [0.5, 0.6) is 0 Å². The summed E-state index contributed by atoms with van der Waals surface area (Å²) in [5, 5.41) is 13.7. The number of likely N-dealkylation sites (tertiary alicyclic amines) is 1. The Morgan fingerprint density at radius 1 is 1.21 bits per heavy atom. The van der Waals surface area contributed by atoms with Crippen LogP contribution in [-0.4, -0.2) is 46.4 Å². The fourth-order valence-electron chi connectivity index (χ4n) is 5.21. The van der Waals surface area contributed by atoms with Crippen LogP contribution in [-0.2, 0) is 11.3 Å². The number of carbonyl (C=O) groups is 2. The van der Waals surface area contributed by atoms with E-state index in [1.165, 1.54) is 18.2 Å². The number of rotatable bonds is 5. The van der Waals surface area contributed by atoms with Crippen molar-refractivity contribution in [2.24, 2.45) is 11.7 Å². The minimum Gasteiger partial charge on any atom is -0.379 e. The van der Waals surface area contributed by atoms with E-state index in [1.54, 1.807) is 6.92 Å². The lowest BCUT2D eigenvalue weighted by atomic mass is 9.84. The SMILES string of the molecule is C[C@@H]1CCC[N+]1(C(=O)NCc1cc(Cl)ccc1C(N)C(F)(F)F)C(=O)[C@H](O)C1CCCCC1. The summed E-state index contributed by atoms with van der Waals surface area (Å²) in [6.45, 7) is 1.78. The molecule has 1 aliphatic heterocycles. The van der Waals surface area contributed by atoms with Crippen LogP contribution in [0.2, 0.25) is 5.02 Å². The van der Waals surface area contributed by atoms with Crippen LogP contribution in [0, 0.1) is 5.92 Å². The lowest BCUT2D eigenvalue weighted by Gasteiger charge is -2.36. The molecule has 1 aliphatic carbocycles. The average molecular weight is 491 g/mol. The molecule has 33 heavy (non-hydrogen) atoms. The Kier molecular flexibility index (Phi) is 8.09. The Bertz CT molecular complexity index is 876. The van der Waals surface area contributed by atoms with Gasteiger partial charge < -0.3 is 16.2 Å². The molecule has 4 N–H and O–H groups in total. The van der Waals surface area contributed by atoms with Crippen molar-refractivity contribution in [3.8, 4) is 0 Å². The number of urea groups is 1. The molecule has 3 amide bonds. The fourth-order valence-corrected chi connectivity index (χ4v) is 5.41. The molecule has 2 unspecified atom stereocenters. The van der Waals surface area contributed by atoms with Gasteiger partial charge in [0, 0.05) is 24.4 Å². The molecular formula is C23H32ClF3N3O3+. The van der Waals surface area contributed by atoms with Gasteiger partial charge in [0.25, 0.3) is 0 Å². The molecule has 2 fully saturated rings. The third-order valence-electron chi connectivity index (χ3n) is 7.21. The van der Waals surface area contributed by atoms with Crippen molar-refractivity contribution in [3.05, 3.63) is 34.3 Å². The molecule has 1 heterocycles. The Morgan fingerprint density at radius 2 is 1.88 bits per heavy atom. The normalized spacial score (nSPS) is 26.1. The second-order valence-corrected chi connectivity index (χ2v) is 9.72. The minimum absolute atomic E-state index is 0.131. The van der Waals surface area contributed by atoms with Crippen LogP contribution >= 0.6 is 11.6 Å².